The molecule has 0 aromatic heterocycles. The maximum Gasteiger partial charge on any atom is 0.233 e. The van der Waals surface area contributed by atoms with Crippen LogP contribution < -0.4 is 4.74 Å². The normalized spacial score (nSPS) is 38.0. The fraction of sp³-hybridized carbons (Fsp3) is 0.611. The average Bonchev–Trinajstić information content (AvgIpc) is 2.45. The van der Waals surface area contributed by atoms with Gasteiger partial charge in [-0.05, 0) is 67.8 Å². The van der Waals surface area contributed by atoms with Crippen molar-refractivity contribution < 1.29 is 9.53 Å². The quantitative estimate of drug-likeness (QED) is 0.837. The van der Waals surface area contributed by atoms with Crippen LogP contribution in [0.25, 0.3) is 0 Å². The van der Waals surface area contributed by atoms with E-state index in [9.17, 15) is 4.79 Å². The van der Waals surface area contributed by atoms with Crippen molar-refractivity contribution in [3.8, 4) is 5.75 Å². The Bertz CT molecular complexity index is 511. The summed E-state index contributed by atoms with van der Waals surface area (Å²) in [5, 5.41) is 0. The smallest absolute Gasteiger partial charge is 0.233 e. The number of carbonyl (C=O) groups excluding carboxylic acids is 1. The highest BCUT2D eigenvalue weighted by Gasteiger charge is 2.52. The van der Waals surface area contributed by atoms with E-state index in [4.69, 9.17) is 4.74 Å². The first-order valence-corrected chi connectivity index (χ1v) is 7.79. The summed E-state index contributed by atoms with van der Waals surface area (Å²) in [4.78, 5) is 10.9. The number of hydrogen-bond donors (Lipinski definition) is 0. The highest BCUT2D eigenvalue weighted by Crippen LogP contribution is 2.61. The molecule has 4 bridgehead atoms. The molecule has 5 rings (SSSR count). The van der Waals surface area contributed by atoms with Gasteiger partial charge in [0, 0.05) is 11.1 Å². The van der Waals surface area contributed by atoms with Crippen LogP contribution in [0.1, 0.15) is 49.7 Å². The molecular formula is C18H21O2. The third-order valence-electron chi connectivity index (χ3n) is 5.93. The van der Waals surface area contributed by atoms with Gasteiger partial charge in [0.25, 0.3) is 0 Å². The molecule has 2 heteroatoms. The Morgan fingerprint density at radius 2 is 1.70 bits per heavy atom. The van der Waals surface area contributed by atoms with E-state index in [-0.39, 0.29) is 0 Å². The molecule has 0 saturated heterocycles. The lowest BCUT2D eigenvalue weighted by Gasteiger charge is -2.57. The van der Waals surface area contributed by atoms with E-state index in [1.54, 1.807) is 7.11 Å². The molecule has 1 aromatic carbocycles. The molecule has 2 nitrogen and oxygen atoms in total. The predicted octanol–water partition coefficient (Wildman–Crippen LogP) is 3.62. The number of ether oxygens (including phenoxy) is 1. The third-order valence-corrected chi connectivity index (χ3v) is 5.93. The Labute approximate surface area is 120 Å². The van der Waals surface area contributed by atoms with Gasteiger partial charge in [-0.3, -0.25) is 4.79 Å². The van der Waals surface area contributed by atoms with E-state index in [1.165, 1.54) is 44.1 Å². The molecule has 105 valence electrons. The molecule has 0 amide bonds. The van der Waals surface area contributed by atoms with Crippen molar-refractivity contribution >= 4 is 6.29 Å². The van der Waals surface area contributed by atoms with Crippen LogP contribution in [-0.4, -0.2) is 13.4 Å². The molecule has 0 atom stereocenters. The van der Waals surface area contributed by atoms with Crippen molar-refractivity contribution in [2.75, 3.05) is 7.11 Å². The van der Waals surface area contributed by atoms with Crippen LogP contribution in [0.2, 0.25) is 0 Å². The lowest BCUT2D eigenvalue weighted by Crippen LogP contribution is -2.48. The van der Waals surface area contributed by atoms with Gasteiger partial charge < -0.3 is 4.74 Å². The monoisotopic (exact) mass is 269 g/mol. The van der Waals surface area contributed by atoms with Gasteiger partial charge in [0.05, 0.1) is 7.11 Å². The Hall–Kier alpha value is -1.31. The van der Waals surface area contributed by atoms with Gasteiger partial charge in [-0.25, -0.2) is 0 Å². The Balaban J connectivity index is 1.78. The van der Waals surface area contributed by atoms with Crippen molar-refractivity contribution in [2.24, 2.45) is 17.8 Å². The standard InChI is InChI=1S/C18H21O2/c1-20-17-7-12(11-19)2-3-16(17)18-8-13-4-14(9-18)6-15(5-13)10-18/h2-3,7,13-15H,4-6,8-10H2,1H3. The number of benzene rings is 1. The van der Waals surface area contributed by atoms with Gasteiger partial charge >= 0.3 is 0 Å². The summed E-state index contributed by atoms with van der Waals surface area (Å²) in [6.07, 6.45) is 10.3. The number of methoxy groups -OCH3 is 1. The van der Waals surface area contributed by atoms with Crippen molar-refractivity contribution in [1.82, 2.24) is 0 Å². The average molecular weight is 269 g/mol. The summed E-state index contributed by atoms with van der Waals surface area (Å²) < 4.78 is 5.60. The number of rotatable bonds is 3. The summed E-state index contributed by atoms with van der Waals surface area (Å²) in [5.74, 6) is 3.66. The summed E-state index contributed by atoms with van der Waals surface area (Å²) in [6.45, 7) is 0. The number of hydrogen-bond acceptors (Lipinski definition) is 2. The fourth-order valence-electron chi connectivity index (χ4n) is 5.63. The van der Waals surface area contributed by atoms with Crippen LogP contribution in [-0.2, 0) is 10.2 Å². The first kappa shape index (κ1) is 12.4. The molecule has 4 aliphatic rings. The molecule has 1 aromatic rings. The molecule has 0 N–H and O–H groups in total. The van der Waals surface area contributed by atoms with Gasteiger partial charge in [0.1, 0.15) is 5.75 Å². The van der Waals surface area contributed by atoms with E-state index in [0.717, 1.165) is 23.5 Å². The predicted molar refractivity (Wildman–Crippen MR) is 77.6 cm³/mol. The van der Waals surface area contributed by atoms with Crippen LogP contribution in [0.15, 0.2) is 18.2 Å². The van der Waals surface area contributed by atoms with Gasteiger partial charge in [0.15, 0.2) is 0 Å². The molecule has 4 saturated carbocycles. The maximum atomic E-state index is 10.9. The van der Waals surface area contributed by atoms with Crippen LogP contribution in [0.5, 0.6) is 5.75 Å². The SMILES string of the molecule is COc1cc([C]=O)ccc1C12CC3CC(CC(C3)C1)C2. The van der Waals surface area contributed by atoms with Crippen LogP contribution >= 0.6 is 0 Å². The van der Waals surface area contributed by atoms with E-state index in [2.05, 4.69) is 6.07 Å². The summed E-state index contributed by atoms with van der Waals surface area (Å²) >= 11 is 0. The van der Waals surface area contributed by atoms with Gasteiger partial charge in [-0.15, -0.1) is 0 Å². The fourth-order valence-corrected chi connectivity index (χ4v) is 5.63. The minimum absolute atomic E-state index is 0.321. The zero-order chi connectivity index (χ0) is 13.7. The minimum Gasteiger partial charge on any atom is -0.496 e. The summed E-state index contributed by atoms with van der Waals surface area (Å²) in [6, 6.07) is 5.90. The molecule has 0 spiro atoms. The van der Waals surface area contributed by atoms with Crippen molar-refractivity contribution in [1.29, 1.82) is 0 Å². The van der Waals surface area contributed by atoms with E-state index < -0.39 is 0 Å². The van der Waals surface area contributed by atoms with Crippen LogP contribution in [0, 0.1) is 17.8 Å². The molecule has 20 heavy (non-hydrogen) atoms. The highest BCUT2D eigenvalue weighted by molar-refractivity contribution is 5.76. The first-order chi connectivity index (χ1) is 9.72. The van der Waals surface area contributed by atoms with Crippen molar-refractivity contribution in [3.63, 3.8) is 0 Å². The largest absolute Gasteiger partial charge is 0.496 e. The zero-order valence-electron chi connectivity index (χ0n) is 12.0. The second-order valence-electron chi connectivity index (χ2n) is 7.22. The topological polar surface area (TPSA) is 26.3 Å². The molecule has 0 unspecified atom stereocenters. The van der Waals surface area contributed by atoms with E-state index >= 15 is 0 Å². The maximum absolute atomic E-state index is 10.9. The lowest BCUT2D eigenvalue weighted by atomic mass is 9.48. The van der Waals surface area contributed by atoms with E-state index in [0.29, 0.717) is 11.0 Å². The summed E-state index contributed by atoms with van der Waals surface area (Å²) in [5.41, 5.74) is 2.26. The van der Waals surface area contributed by atoms with Gasteiger partial charge in [-0.1, -0.05) is 12.1 Å². The van der Waals surface area contributed by atoms with Gasteiger partial charge in [-0.2, -0.15) is 0 Å². The lowest BCUT2D eigenvalue weighted by molar-refractivity contribution is -0.00615. The minimum atomic E-state index is 0.321. The van der Waals surface area contributed by atoms with Crippen molar-refractivity contribution in [2.45, 2.75) is 43.9 Å². The van der Waals surface area contributed by atoms with Crippen LogP contribution in [0.4, 0.5) is 0 Å². The zero-order valence-corrected chi connectivity index (χ0v) is 12.0. The molecular weight excluding hydrogens is 248 g/mol. The molecule has 1 radical (unpaired) electrons. The first-order valence-electron chi connectivity index (χ1n) is 7.79. The van der Waals surface area contributed by atoms with Crippen LogP contribution in [0.3, 0.4) is 0 Å². The van der Waals surface area contributed by atoms with Gasteiger partial charge in [0.2, 0.25) is 6.29 Å². The van der Waals surface area contributed by atoms with Crippen molar-refractivity contribution in [3.05, 3.63) is 29.3 Å². The molecule has 4 aliphatic carbocycles. The third kappa shape index (κ3) is 1.73. The second-order valence-corrected chi connectivity index (χ2v) is 7.22. The Morgan fingerprint density at radius 1 is 1.10 bits per heavy atom. The molecule has 4 fully saturated rings. The molecule has 0 aliphatic heterocycles. The second kappa shape index (κ2) is 4.34. The summed E-state index contributed by atoms with van der Waals surface area (Å²) in [7, 11) is 1.72. The van der Waals surface area contributed by atoms with E-state index in [1.807, 2.05) is 18.4 Å². The molecule has 0 heterocycles. The highest BCUT2D eigenvalue weighted by atomic mass is 16.5. The Morgan fingerprint density at radius 3 is 2.20 bits per heavy atom. The Kier molecular flexibility index (Phi) is 2.70.